The molecule has 2 heterocycles. The van der Waals surface area contributed by atoms with Crippen molar-refractivity contribution >= 4 is 35.2 Å². The number of hydrogen-bond donors (Lipinski definition) is 1. The fraction of sp³-hybridized carbons (Fsp3) is 0.435. The van der Waals surface area contributed by atoms with Crippen LogP contribution in [0.2, 0.25) is 5.15 Å². The van der Waals surface area contributed by atoms with Crippen LogP contribution in [0, 0.1) is 19.8 Å². The lowest BCUT2D eigenvalue weighted by atomic mass is 10.0. The van der Waals surface area contributed by atoms with Crippen LogP contribution < -0.4 is 5.32 Å². The third-order valence-electron chi connectivity index (χ3n) is 5.19. The minimum atomic E-state index is -0.317. The van der Waals surface area contributed by atoms with Gasteiger partial charge < -0.3 is 10.2 Å². The Morgan fingerprint density at radius 3 is 2.60 bits per heavy atom. The van der Waals surface area contributed by atoms with Crippen LogP contribution in [0.25, 0.3) is 6.08 Å². The zero-order chi connectivity index (χ0) is 21.8. The van der Waals surface area contributed by atoms with Gasteiger partial charge in [0.2, 0.25) is 5.91 Å². The van der Waals surface area contributed by atoms with Crippen molar-refractivity contribution < 1.29 is 9.59 Å². The summed E-state index contributed by atoms with van der Waals surface area (Å²) >= 11 is 6.44. The molecule has 1 saturated heterocycles. The molecular formula is C23H29ClN4O2. The first-order valence-electron chi connectivity index (χ1n) is 10.4. The number of halogens is 1. The third-order valence-corrected chi connectivity index (χ3v) is 5.59. The van der Waals surface area contributed by atoms with Crippen LogP contribution >= 0.6 is 11.6 Å². The second-order valence-corrected chi connectivity index (χ2v) is 8.54. The molecular weight excluding hydrogens is 400 g/mol. The van der Waals surface area contributed by atoms with E-state index in [0.717, 1.165) is 42.8 Å². The first kappa shape index (κ1) is 22.1. The molecule has 0 bridgehead atoms. The normalized spacial score (nSPS) is 14.1. The van der Waals surface area contributed by atoms with Gasteiger partial charge in [-0.15, -0.1) is 0 Å². The van der Waals surface area contributed by atoms with E-state index in [-0.39, 0.29) is 11.8 Å². The minimum absolute atomic E-state index is 0.0290. The van der Waals surface area contributed by atoms with E-state index in [1.54, 1.807) is 16.8 Å². The summed E-state index contributed by atoms with van der Waals surface area (Å²) in [5.41, 5.74) is 3.43. The molecule has 2 amide bonds. The van der Waals surface area contributed by atoms with Crippen molar-refractivity contribution in [1.29, 1.82) is 0 Å². The van der Waals surface area contributed by atoms with Gasteiger partial charge in [0.05, 0.1) is 16.9 Å². The summed E-state index contributed by atoms with van der Waals surface area (Å²) in [6, 6.07) is 5.49. The second kappa shape index (κ2) is 9.47. The van der Waals surface area contributed by atoms with Crippen molar-refractivity contribution in [3.05, 3.63) is 51.8 Å². The molecule has 160 valence electrons. The van der Waals surface area contributed by atoms with Crippen LogP contribution in [0.15, 0.2) is 24.3 Å². The molecule has 1 aliphatic heterocycles. The monoisotopic (exact) mass is 428 g/mol. The number of hydrogen-bond acceptors (Lipinski definition) is 3. The number of rotatable bonds is 6. The molecule has 1 aromatic heterocycles. The van der Waals surface area contributed by atoms with Gasteiger partial charge in [-0.3, -0.25) is 14.3 Å². The SMILES string of the molecule is Cc1cccc(NC(=O)C=Cc2c(C)nn(CC(C)C)c2Cl)c1C(=O)N1CCCC1. The van der Waals surface area contributed by atoms with Gasteiger partial charge >= 0.3 is 0 Å². The number of anilines is 1. The summed E-state index contributed by atoms with van der Waals surface area (Å²) in [6.07, 6.45) is 5.15. The summed E-state index contributed by atoms with van der Waals surface area (Å²) in [5.74, 6) is 0.0664. The van der Waals surface area contributed by atoms with Gasteiger partial charge in [-0.1, -0.05) is 37.6 Å². The number of aryl methyl sites for hydroxylation is 2. The molecule has 2 aromatic rings. The van der Waals surface area contributed by atoms with Crippen molar-refractivity contribution in [2.75, 3.05) is 18.4 Å². The smallest absolute Gasteiger partial charge is 0.256 e. The molecule has 0 radical (unpaired) electrons. The van der Waals surface area contributed by atoms with Gasteiger partial charge in [0.25, 0.3) is 5.91 Å². The van der Waals surface area contributed by atoms with Gasteiger partial charge in [-0.25, -0.2) is 0 Å². The average molecular weight is 429 g/mol. The molecule has 7 heteroatoms. The Morgan fingerprint density at radius 2 is 1.93 bits per heavy atom. The number of carbonyl (C=O) groups excluding carboxylic acids is 2. The predicted octanol–water partition coefficient (Wildman–Crippen LogP) is 4.70. The molecule has 0 unspecified atom stereocenters. The highest BCUT2D eigenvalue weighted by Gasteiger charge is 2.24. The Balaban J connectivity index is 1.78. The maximum atomic E-state index is 13.0. The molecule has 1 aromatic carbocycles. The quantitative estimate of drug-likeness (QED) is 0.678. The second-order valence-electron chi connectivity index (χ2n) is 8.19. The summed E-state index contributed by atoms with van der Waals surface area (Å²) in [4.78, 5) is 27.4. The maximum Gasteiger partial charge on any atom is 0.256 e. The molecule has 0 aliphatic carbocycles. The fourth-order valence-electron chi connectivity index (χ4n) is 3.69. The van der Waals surface area contributed by atoms with Crippen molar-refractivity contribution in [1.82, 2.24) is 14.7 Å². The number of nitrogens with zero attached hydrogens (tertiary/aromatic N) is 3. The number of nitrogens with one attached hydrogen (secondary N) is 1. The number of benzene rings is 1. The average Bonchev–Trinajstić information content (AvgIpc) is 3.29. The van der Waals surface area contributed by atoms with E-state index in [0.29, 0.717) is 28.9 Å². The Hall–Kier alpha value is -2.60. The van der Waals surface area contributed by atoms with E-state index in [1.165, 1.54) is 6.08 Å². The van der Waals surface area contributed by atoms with Crippen LogP contribution in [0.3, 0.4) is 0 Å². The first-order valence-corrected chi connectivity index (χ1v) is 10.8. The van der Waals surface area contributed by atoms with Crippen LogP contribution in [-0.4, -0.2) is 39.6 Å². The molecule has 3 rings (SSSR count). The van der Waals surface area contributed by atoms with Crippen LogP contribution in [0.5, 0.6) is 0 Å². The van der Waals surface area contributed by atoms with Crippen molar-refractivity contribution in [3.63, 3.8) is 0 Å². The molecule has 1 N–H and O–H groups in total. The van der Waals surface area contributed by atoms with Crippen molar-refractivity contribution in [2.24, 2.45) is 5.92 Å². The molecule has 1 fully saturated rings. The number of amides is 2. The highest BCUT2D eigenvalue weighted by atomic mass is 35.5. The van der Waals surface area contributed by atoms with Crippen LogP contribution in [0.1, 0.15) is 53.9 Å². The van der Waals surface area contributed by atoms with E-state index < -0.39 is 0 Å². The Bertz CT molecular complexity index is 972. The fourth-order valence-corrected chi connectivity index (χ4v) is 4.00. The van der Waals surface area contributed by atoms with Crippen molar-refractivity contribution in [2.45, 2.75) is 47.1 Å². The number of aromatic nitrogens is 2. The zero-order valence-electron chi connectivity index (χ0n) is 18.0. The summed E-state index contributed by atoms with van der Waals surface area (Å²) in [5, 5.41) is 7.84. The van der Waals surface area contributed by atoms with Crippen LogP contribution in [0.4, 0.5) is 5.69 Å². The molecule has 0 saturated carbocycles. The van der Waals surface area contributed by atoms with Crippen molar-refractivity contribution in [3.8, 4) is 0 Å². The topological polar surface area (TPSA) is 67.2 Å². The largest absolute Gasteiger partial charge is 0.339 e. The minimum Gasteiger partial charge on any atom is -0.339 e. The Morgan fingerprint density at radius 1 is 1.23 bits per heavy atom. The van der Waals surface area contributed by atoms with E-state index in [9.17, 15) is 9.59 Å². The number of carbonyl (C=O) groups is 2. The highest BCUT2D eigenvalue weighted by Crippen LogP contribution is 2.25. The molecule has 0 spiro atoms. The maximum absolute atomic E-state index is 13.0. The first-order chi connectivity index (χ1) is 14.3. The lowest BCUT2D eigenvalue weighted by Crippen LogP contribution is -2.29. The van der Waals surface area contributed by atoms with Crippen LogP contribution in [-0.2, 0) is 11.3 Å². The molecule has 30 heavy (non-hydrogen) atoms. The van der Waals surface area contributed by atoms with Gasteiger partial charge in [0.1, 0.15) is 5.15 Å². The molecule has 6 nitrogen and oxygen atoms in total. The Kier molecular flexibility index (Phi) is 6.98. The molecule has 0 atom stereocenters. The highest BCUT2D eigenvalue weighted by molar-refractivity contribution is 6.31. The van der Waals surface area contributed by atoms with E-state index in [2.05, 4.69) is 24.3 Å². The summed E-state index contributed by atoms with van der Waals surface area (Å²) < 4.78 is 1.76. The third kappa shape index (κ3) is 4.93. The lowest BCUT2D eigenvalue weighted by molar-refractivity contribution is -0.111. The number of likely N-dealkylation sites (tertiary alicyclic amines) is 1. The van der Waals surface area contributed by atoms with Gasteiger partial charge in [0, 0.05) is 31.3 Å². The summed E-state index contributed by atoms with van der Waals surface area (Å²) in [7, 11) is 0. The zero-order valence-corrected chi connectivity index (χ0v) is 18.8. The summed E-state index contributed by atoms with van der Waals surface area (Å²) in [6.45, 7) is 10.2. The van der Waals surface area contributed by atoms with E-state index >= 15 is 0 Å². The lowest BCUT2D eigenvalue weighted by Gasteiger charge is -2.19. The Labute approximate surface area is 182 Å². The van der Waals surface area contributed by atoms with E-state index in [1.807, 2.05) is 30.9 Å². The van der Waals surface area contributed by atoms with Gasteiger partial charge in [-0.05, 0) is 50.3 Å². The van der Waals surface area contributed by atoms with E-state index in [4.69, 9.17) is 11.6 Å². The van der Waals surface area contributed by atoms with Gasteiger partial charge in [-0.2, -0.15) is 5.10 Å². The molecule has 1 aliphatic rings. The van der Waals surface area contributed by atoms with Gasteiger partial charge in [0.15, 0.2) is 0 Å². The standard InChI is InChI=1S/C23H29ClN4O2/c1-15(2)14-28-22(24)18(17(4)26-28)10-11-20(29)25-19-9-7-8-16(3)21(19)23(30)27-12-5-6-13-27/h7-11,15H,5-6,12-14H2,1-4H3,(H,25,29). The predicted molar refractivity (Wildman–Crippen MR) is 121 cm³/mol.